The molecule has 0 aliphatic rings. The van der Waals surface area contributed by atoms with Gasteiger partial charge in [0.15, 0.2) is 11.6 Å². The van der Waals surface area contributed by atoms with Crippen LogP contribution in [-0.4, -0.2) is 34.9 Å². The number of rotatable bonds is 9. The molecule has 3 aromatic rings. The molecule has 0 aliphatic heterocycles. The molecule has 0 bridgehead atoms. The van der Waals surface area contributed by atoms with Crippen LogP contribution in [0, 0.1) is 11.6 Å². The highest BCUT2D eigenvalue weighted by Crippen LogP contribution is 2.18. The molecule has 1 amide bonds. The molecule has 0 radical (unpaired) electrons. The summed E-state index contributed by atoms with van der Waals surface area (Å²) in [4.78, 5) is 16.6. The molecule has 2 aromatic heterocycles. The van der Waals surface area contributed by atoms with Gasteiger partial charge in [-0.05, 0) is 11.6 Å². The van der Waals surface area contributed by atoms with Crippen molar-refractivity contribution < 1.29 is 23.0 Å². The Morgan fingerprint density at radius 2 is 2.03 bits per heavy atom. The molecule has 0 saturated heterocycles. The smallest absolute Gasteiger partial charge is 0.255 e. The van der Waals surface area contributed by atoms with Gasteiger partial charge in [0.05, 0.1) is 43.9 Å². The van der Waals surface area contributed by atoms with Crippen LogP contribution in [-0.2, 0) is 30.3 Å². The van der Waals surface area contributed by atoms with Crippen molar-refractivity contribution in [3.8, 4) is 5.75 Å². The van der Waals surface area contributed by atoms with Gasteiger partial charge in [-0.25, -0.2) is 8.78 Å². The van der Waals surface area contributed by atoms with Gasteiger partial charge in [-0.2, -0.15) is 5.10 Å². The third-order valence-electron chi connectivity index (χ3n) is 4.53. The fourth-order valence-corrected chi connectivity index (χ4v) is 3.18. The zero-order valence-electron chi connectivity index (χ0n) is 17.0. The minimum absolute atomic E-state index is 0.0413. The number of benzene rings is 1. The maximum absolute atomic E-state index is 14.2. The first-order valence-corrected chi connectivity index (χ1v) is 9.84. The number of pyridine rings is 1. The van der Waals surface area contributed by atoms with Crippen LogP contribution in [0.1, 0.15) is 32.9 Å². The average Bonchev–Trinajstić information content (AvgIpc) is 3.15. The van der Waals surface area contributed by atoms with E-state index in [2.05, 4.69) is 15.4 Å². The van der Waals surface area contributed by atoms with Gasteiger partial charge in [-0.15, -0.1) is 11.6 Å². The number of amides is 1. The van der Waals surface area contributed by atoms with Crippen molar-refractivity contribution >= 4 is 17.5 Å². The minimum atomic E-state index is -0.638. The number of methoxy groups -OCH3 is 2. The summed E-state index contributed by atoms with van der Waals surface area (Å²) < 4.78 is 39.8. The summed E-state index contributed by atoms with van der Waals surface area (Å²) in [7, 11) is 2.83. The van der Waals surface area contributed by atoms with Crippen LogP contribution < -0.4 is 10.1 Å². The third kappa shape index (κ3) is 5.36. The van der Waals surface area contributed by atoms with Crippen molar-refractivity contribution in [1.29, 1.82) is 0 Å². The number of carbonyl (C=O) groups excluding carboxylic acids is 1. The lowest BCUT2D eigenvalue weighted by atomic mass is 10.1. The molecule has 7 nitrogen and oxygen atoms in total. The molecular weight excluding hydrogens is 430 g/mol. The predicted molar refractivity (Wildman–Crippen MR) is 110 cm³/mol. The highest BCUT2D eigenvalue weighted by atomic mass is 35.5. The van der Waals surface area contributed by atoms with Crippen molar-refractivity contribution in [2.24, 2.45) is 0 Å². The quantitative estimate of drug-likeness (QED) is 0.505. The van der Waals surface area contributed by atoms with Crippen LogP contribution in [0.25, 0.3) is 0 Å². The first kappa shape index (κ1) is 22.6. The molecule has 3 rings (SSSR count). The number of carbonyl (C=O) groups is 1. The maximum Gasteiger partial charge on any atom is 0.255 e. The first-order chi connectivity index (χ1) is 15.0. The Morgan fingerprint density at radius 3 is 2.71 bits per heavy atom. The molecule has 164 valence electrons. The lowest BCUT2D eigenvalue weighted by Gasteiger charge is -2.08. The van der Waals surface area contributed by atoms with E-state index in [1.54, 1.807) is 12.1 Å². The summed E-state index contributed by atoms with van der Waals surface area (Å²) in [6, 6.07) is 6.13. The van der Waals surface area contributed by atoms with E-state index in [-0.39, 0.29) is 42.6 Å². The predicted octanol–water partition coefficient (Wildman–Crippen LogP) is 3.43. The highest BCUT2D eigenvalue weighted by molar-refractivity contribution is 6.17. The molecule has 1 N–H and O–H groups in total. The number of nitrogens with one attached hydrogen (secondary N) is 1. The highest BCUT2D eigenvalue weighted by Gasteiger charge is 2.18. The number of alkyl halides is 1. The molecule has 0 unspecified atom stereocenters. The van der Waals surface area contributed by atoms with Crippen LogP contribution in [0.4, 0.5) is 8.78 Å². The maximum atomic E-state index is 14.2. The van der Waals surface area contributed by atoms with E-state index < -0.39 is 17.5 Å². The molecule has 10 heteroatoms. The summed E-state index contributed by atoms with van der Waals surface area (Å²) >= 11 is 5.69. The molecular formula is C21H21ClF2N4O3. The molecule has 1 aromatic carbocycles. The van der Waals surface area contributed by atoms with Gasteiger partial charge >= 0.3 is 0 Å². The first-order valence-electron chi connectivity index (χ1n) is 9.30. The molecule has 0 aliphatic carbocycles. The van der Waals surface area contributed by atoms with Crippen molar-refractivity contribution in [2.75, 3.05) is 14.2 Å². The zero-order valence-corrected chi connectivity index (χ0v) is 17.7. The topological polar surface area (TPSA) is 78.3 Å². The summed E-state index contributed by atoms with van der Waals surface area (Å²) in [5, 5.41) is 6.99. The van der Waals surface area contributed by atoms with Crippen molar-refractivity contribution in [3.63, 3.8) is 0 Å². The van der Waals surface area contributed by atoms with Crippen molar-refractivity contribution in [2.45, 2.75) is 25.6 Å². The van der Waals surface area contributed by atoms with Crippen LogP contribution in [0.5, 0.6) is 5.75 Å². The summed E-state index contributed by atoms with van der Waals surface area (Å²) in [5.41, 5.74) is 1.78. The second kappa shape index (κ2) is 10.3. The van der Waals surface area contributed by atoms with E-state index in [1.165, 1.54) is 43.4 Å². The van der Waals surface area contributed by atoms with Crippen molar-refractivity contribution in [3.05, 3.63) is 76.4 Å². The average molecular weight is 451 g/mol. The number of ether oxygens (including phenoxy) is 2. The van der Waals surface area contributed by atoms with Gasteiger partial charge < -0.3 is 14.8 Å². The Hall–Kier alpha value is -3.04. The number of aromatic nitrogens is 3. The third-order valence-corrected chi connectivity index (χ3v) is 4.82. The van der Waals surface area contributed by atoms with Gasteiger partial charge in [-0.3, -0.25) is 14.5 Å². The Morgan fingerprint density at radius 1 is 1.23 bits per heavy atom. The van der Waals surface area contributed by atoms with Crippen LogP contribution in [0.15, 0.2) is 36.7 Å². The summed E-state index contributed by atoms with van der Waals surface area (Å²) in [5.74, 6) is -1.38. The number of hydrogen-bond donors (Lipinski definition) is 1. The molecule has 31 heavy (non-hydrogen) atoms. The van der Waals surface area contributed by atoms with Gasteiger partial charge in [0, 0.05) is 31.1 Å². The second-order valence-electron chi connectivity index (χ2n) is 6.64. The zero-order chi connectivity index (χ0) is 22.4. The Bertz CT molecular complexity index is 1070. The molecule has 0 atom stereocenters. The molecule has 0 spiro atoms. The van der Waals surface area contributed by atoms with E-state index in [1.807, 2.05) is 0 Å². The van der Waals surface area contributed by atoms with Crippen molar-refractivity contribution in [1.82, 2.24) is 20.1 Å². The number of nitrogens with zero attached hydrogens (tertiary/aromatic N) is 3. The lowest BCUT2D eigenvalue weighted by Crippen LogP contribution is -2.24. The monoisotopic (exact) mass is 450 g/mol. The number of hydrogen-bond acceptors (Lipinski definition) is 5. The molecule has 0 fully saturated rings. The van der Waals surface area contributed by atoms with Gasteiger partial charge in [-0.1, -0.05) is 12.1 Å². The van der Waals surface area contributed by atoms with E-state index in [9.17, 15) is 13.6 Å². The standard InChI is InChI=1S/C21H21ClF2N4O3/c1-30-12-18-15(21(29)26-9-17-20(24)19(31-2)5-6-25-17)11-28(27-18)10-13-3-4-14(8-22)16(23)7-13/h3-7,11H,8-10,12H2,1-2H3,(H,26,29). The van der Waals surface area contributed by atoms with E-state index >= 15 is 0 Å². The SMILES string of the molecule is COCc1nn(Cc2ccc(CCl)c(F)c2)cc1C(=O)NCc1nccc(OC)c1F. The fourth-order valence-electron chi connectivity index (χ4n) is 2.97. The lowest BCUT2D eigenvalue weighted by molar-refractivity contribution is 0.0945. The van der Waals surface area contributed by atoms with Gasteiger partial charge in [0.2, 0.25) is 0 Å². The minimum Gasteiger partial charge on any atom is -0.494 e. The molecule has 2 heterocycles. The Kier molecular flexibility index (Phi) is 7.54. The Balaban J connectivity index is 1.76. The van der Waals surface area contributed by atoms with Crippen LogP contribution >= 0.6 is 11.6 Å². The fraction of sp³-hybridized carbons (Fsp3) is 0.286. The largest absolute Gasteiger partial charge is 0.494 e. The number of halogens is 3. The van der Waals surface area contributed by atoms with Gasteiger partial charge in [0.1, 0.15) is 11.5 Å². The Labute approximate surface area is 182 Å². The van der Waals surface area contributed by atoms with E-state index in [0.29, 0.717) is 16.8 Å². The normalized spacial score (nSPS) is 10.9. The second-order valence-corrected chi connectivity index (χ2v) is 6.90. The summed E-state index contributed by atoms with van der Waals surface area (Å²) in [6.45, 7) is 0.210. The van der Waals surface area contributed by atoms with Crippen LogP contribution in [0.3, 0.4) is 0 Å². The van der Waals surface area contributed by atoms with Crippen LogP contribution in [0.2, 0.25) is 0 Å². The summed E-state index contributed by atoms with van der Waals surface area (Å²) in [6.07, 6.45) is 2.93. The molecule has 0 saturated carbocycles. The van der Waals surface area contributed by atoms with Gasteiger partial charge in [0.25, 0.3) is 5.91 Å². The van der Waals surface area contributed by atoms with E-state index in [4.69, 9.17) is 21.1 Å². The van der Waals surface area contributed by atoms with E-state index in [0.717, 1.165) is 0 Å².